The van der Waals surface area contributed by atoms with E-state index in [2.05, 4.69) is 5.32 Å². The summed E-state index contributed by atoms with van der Waals surface area (Å²) in [6.45, 7) is 1.62. The number of hydrogen-bond donors (Lipinski definition) is 1. The molecule has 0 radical (unpaired) electrons. The molecule has 5 nitrogen and oxygen atoms in total. The zero-order valence-corrected chi connectivity index (χ0v) is 15.4. The molecular weight excluding hydrogens is 352 g/mol. The molecule has 1 N–H and O–H groups in total. The maximum atomic E-state index is 12.5. The average molecular weight is 373 g/mol. The lowest BCUT2D eigenvalue weighted by molar-refractivity contribution is 0.0724. The largest absolute Gasteiger partial charge is 0.496 e. The van der Waals surface area contributed by atoms with Crippen LogP contribution in [0.1, 0.15) is 40.0 Å². The van der Waals surface area contributed by atoms with Crippen LogP contribution in [0.4, 0.5) is 5.69 Å². The molecule has 1 saturated heterocycles. The van der Waals surface area contributed by atoms with Crippen molar-refractivity contribution in [2.45, 2.75) is 19.3 Å². The summed E-state index contributed by atoms with van der Waals surface area (Å²) in [5, 5.41) is 3.26. The molecule has 1 aliphatic heterocycles. The van der Waals surface area contributed by atoms with Crippen molar-refractivity contribution in [3.05, 3.63) is 58.6 Å². The Hall–Kier alpha value is -2.53. The predicted octanol–water partition coefficient (Wildman–Crippen LogP) is 4.23. The molecule has 0 aliphatic carbocycles. The normalized spacial score (nSPS) is 14.0. The SMILES string of the molecule is COc1ccc(Cl)cc1C(=O)Nc1ccc(C(=O)N2CCCCC2)cc1. The summed E-state index contributed by atoms with van der Waals surface area (Å²) < 4.78 is 5.21. The van der Waals surface area contributed by atoms with Crippen LogP contribution in [0, 0.1) is 0 Å². The summed E-state index contributed by atoms with van der Waals surface area (Å²) >= 11 is 5.97. The van der Waals surface area contributed by atoms with Crippen LogP contribution in [0.15, 0.2) is 42.5 Å². The molecule has 26 heavy (non-hydrogen) atoms. The van der Waals surface area contributed by atoms with Crippen LogP contribution in [0.3, 0.4) is 0 Å². The Kier molecular flexibility index (Phi) is 5.78. The molecule has 1 fully saturated rings. The number of hydrogen-bond acceptors (Lipinski definition) is 3. The zero-order chi connectivity index (χ0) is 18.5. The van der Waals surface area contributed by atoms with Crippen molar-refractivity contribution in [3.8, 4) is 5.75 Å². The number of ether oxygens (including phenoxy) is 1. The van der Waals surface area contributed by atoms with Crippen molar-refractivity contribution >= 4 is 29.1 Å². The lowest BCUT2D eigenvalue weighted by Crippen LogP contribution is -2.35. The summed E-state index contributed by atoms with van der Waals surface area (Å²) in [5.74, 6) is 0.169. The lowest BCUT2D eigenvalue weighted by Gasteiger charge is -2.26. The molecule has 2 amide bonds. The third-order valence-corrected chi connectivity index (χ3v) is 4.67. The van der Waals surface area contributed by atoms with Gasteiger partial charge in [-0.3, -0.25) is 9.59 Å². The highest BCUT2D eigenvalue weighted by molar-refractivity contribution is 6.31. The first-order valence-corrected chi connectivity index (χ1v) is 9.00. The van der Waals surface area contributed by atoms with Crippen LogP contribution in [0.5, 0.6) is 5.75 Å². The maximum absolute atomic E-state index is 12.5. The third kappa shape index (κ3) is 4.17. The Morgan fingerprint density at radius 3 is 2.38 bits per heavy atom. The molecule has 136 valence electrons. The van der Waals surface area contributed by atoms with E-state index in [1.807, 2.05) is 4.90 Å². The topological polar surface area (TPSA) is 58.6 Å². The van der Waals surface area contributed by atoms with Gasteiger partial charge in [-0.05, 0) is 61.7 Å². The molecule has 1 heterocycles. The van der Waals surface area contributed by atoms with E-state index in [0.29, 0.717) is 27.6 Å². The number of methoxy groups -OCH3 is 1. The van der Waals surface area contributed by atoms with Gasteiger partial charge in [0.05, 0.1) is 12.7 Å². The van der Waals surface area contributed by atoms with Crippen LogP contribution in [-0.4, -0.2) is 36.9 Å². The number of carbonyl (C=O) groups excluding carboxylic acids is 2. The van der Waals surface area contributed by atoms with E-state index in [4.69, 9.17) is 16.3 Å². The van der Waals surface area contributed by atoms with E-state index < -0.39 is 0 Å². The first kappa shape index (κ1) is 18.3. The number of rotatable bonds is 4. The van der Waals surface area contributed by atoms with Crippen molar-refractivity contribution < 1.29 is 14.3 Å². The van der Waals surface area contributed by atoms with Crippen LogP contribution < -0.4 is 10.1 Å². The minimum absolute atomic E-state index is 0.0408. The van der Waals surface area contributed by atoms with E-state index in [1.54, 1.807) is 42.5 Å². The number of amides is 2. The van der Waals surface area contributed by atoms with Crippen molar-refractivity contribution in [3.63, 3.8) is 0 Å². The van der Waals surface area contributed by atoms with Crippen molar-refractivity contribution in [1.29, 1.82) is 0 Å². The average Bonchev–Trinajstić information content (AvgIpc) is 2.68. The fourth-order valence-corrected chi connectivity index (χ4v) is 3.20. The minimum Gasteiger partial charge on any atom is -0.496 e. The molecule has 0 bridgehead atoms. The monoisotopic (exact) mass is 372 g/mol. The summed E-state index contributed by atoms with van der Waals surface area (Å²) in [5.41, 5.74) is 1.59. The molecule has 0 spiro atoms. The molecule has 0 aromatic heterocycles. The molecule has 0 saturated carbocycles. The van der Waals surface area contributed by atoms with E-state index in [0.717, 1.165) is 25.9 Å². The van der Waals surface area contributed by atoms with E-state index in [9.17, 15) is 9.59 Å². The van der Waals surface area contributed by atoms with Gasteiger partial charge in [-0.25, -0.2) is 0 Å². The van der Waals surface area contributed by atoms with E-state index >= 15 is 0 Å². The highest BCUT2D eigenvalue weighted by Gasteiger charge is 2.18. The Bertz CT molecular complexity index is 799. The highest BCUT2D eigenvalue weighted by Crippen LogP contribution is 2.24. The Morgan fingerprint density at radius 2 is 1.73 bits per heavy atom. The van der Waals surface area contributed by atoms with Crippen LogP contribution in [0.25, 0.3) is 0 Å². The van der Waals surface area contributed by atoms with Crippen LogP contribution in [-0.2, 0) is 0 Å². The fourth-order valence-electron chi connectivity index (χ4n) is 3.03. The fraction of sp³-hybridized carbons (Fsp3) is 0.300. The summed E-state index contributed by atoms with van der Waals surface area (Å²) in [4.78, 5) is 26.9. The van der Waals surface area contributed by atoms with Crippen LogP contribution in [0.2, 0.25) is 5.02 Å². The molecule has 6 heteroatoms. The van der Waals surface area contributed by atoms with Gasteiger partial charge < -0.3 is 15.0 Å². The van der Waals surface area contributed by atoms with Crippen molar-refractivity contribution in [2.24, 2.45) is 0 Å². The van der Waals surface area contributed by atoms with Gasteiger partial charge in [0.2, 0.25) is 0 Å². The van der Waals surface area contributed by atoms with Gasteiger partial charge in [-0.2, -0.15) is 0 Å². The van der Waals surface area contributed by atoms with Gasteiger partial charge in [0.1, 0.15) is 5.75 Å². The van der Waals surface area contributed by atoms with Crippen LogP contribution >= 0.6 is 11.6 Å². The second-order valence-corrected chi connectivity index (χ2v) is 6.67. The molecule has 0 unspecified atom stereocenters. The number of likely N-dealkylation sites (tertiary alicyclic amines) is 1. The number of anilines is 1. The first-order chi connectivity index (χ1) is 12.6. The smallest absolute Gasteiger partial charge is 0.259 e. The van der Waals surface area contributed by atoms with E-state index in [1.165, 1.54) is 13.5 Å². The number of halogens is 1. The minimum atomic E-state index is -0.320. The maximum Gasteiger partial charge on any atom is 0.259 e. The first-order valence-electron chi connectivity index (χ1n) is 8.63. The van der Waals surface area contributed by atoms with E-state index in [-0.39, 0.29) is 11.8 Å². The molecular formula is C20H21ClN2O3. The standard InChI is InChI=1S/C20H21ClN2O3/c1-26-18-10-7-15(21)13-17(18)19(24)22-16-8-5-14(6-9-16)20(25)23-11-3-2-4-12-23/h5-10,13H,2-4,11-12H2,1H3,(H,22,24). The highest BCUT2D eigenvalue weighted by atomic mass is 35.5. The van der Waals surface area contributed by atoms with Gasteiger partial charge in [0, 0.05) is 29.4 Å². The third-order valence-electron chi connectivity index (χ3n) is 4.44. The number of nitrogens with one attached hydrogen (secondary N) is 1. The molecule has 2 aromatic carbocycles. The van der Waals surface area contributed by atoms with Gasteiger partial charge in [-0.1, -0.05) is 11.6 Å². The van der Waals surface area contributed by atoms with Gasteiger partial charge in [-0.15, -0.1) is 0 Å². The van der Waals surface area contributed by atoms with Crippen molar-refractivity contribution in [2.75, 3.05) is 25.5 Å². The predicted molar refractivity (Wildman–Crippen MR) is 102 cm³/mol. The summed E-state index contributed by atoms with van der Waals surface area (Å²) in [7, 11) is 1.50. The number of nitrogens with zero attached hydrogens (tertiary/aromatic N) is 1. The van der Waals surface area contributed by atoms with Gasteiger partial charge >= 0.3 is 0 Å². The Balaban J connectivity index is 1.70. The Morgan fingerprint density at radius 1 is 1.04 bits per heavy atom. The molecule has 3 rings (SSSR count). The number of carbonyl (C=O) groups is 2. The summed E-state index contributed by atoms with van der Waals surface area (Å²) in [6, 6.07) is 11.8. The van der Waals surface area contributed by atoms with Gasteiger partial charge in [0.15, 0.2) is 0 Å². The molecule has 0 atom stereocenters. The second-order valence-electron chi connectivity index (χ2n) is 6.23. The van der Waals surface area contributed by atoms with Gasteiger partial charge in [0.25, 0.3) is 11.8 Å². The summed E-state index contributed by atoms with van der Waals surface area (Å²) in [6.07, 6.45) is 3.30. The Labute approximate surface area is 157 Å². The number of benzene rings is 2. The number of piperidine rings is 1. The lowest BCUT2D eigenvalue weighted by atomic mass is 10.1. The zero-order valence-electron chi connectivity index (χ0n) is 14.6. The molecule has 1 aliphatic rings. The quantitative estimate of drug-likeness (QED) is 0.873. The molecule has 2 aromatic rings. The van der Waals surface area contributed by atoms with Crippen molar-refractivity contribution in [1.82, 2.24) is 4.90 Å². The second kappa shape index (κ2) is 8.23.